The summed E-state index contributed by atoms with van der Waals surface area (Å²) in [5.41, 5.74) is 8.94. The summed E-state index contributed by atoms with van der Waals surface area (Å²) < 4.78 is 5.72. The standard InChI is InChI=1S/C16H19NO/c1-2-4-13-7-9-16(10-8-13)18-12-14-5-3-6-15(17)11-14/h3,5-11H,2,4,12,17H2,1H3. The van der Waals surface area contributed by atoms with Gasteiger partial charge in [-0.3, -0.25) is 0 Å². The van der Waals surface area contributed by atoms with E-state index in [4.69, 9.17) is 10.5 Å². The molecule has 2 heteroatoms. The number of hydrogen-bond donors (Lipinski definition) is 1. The molecular weight excluding hydrogens is 222 g/mol. The van der Waals surface area contributed by atoms with Crippen LogP contribution < -0.4 is 10.5 Å². The SMILES string of the molecule is CCCc1ccc(OCc2cccc(N)c2)cc1. The molecule has 0 aromatic heterocycles. The highest BCUT2D eigenvalue weighted by Gasteiger charge is 1.97. The largest absolute Gasteiger partial charge is 0.489 e. The van der Waals surface area contributed by atoms with Crippen molar-refractivity contribution < 1.29 is 4.74 Å². The summed E-state index contributed by atoms with van der Waals surface area (Å²) >= 11 is 0. The Morgan fingerprint density at radius 3 is 2.44 bits per heavy atom. The third-order valence-electron chi connectivity index (χ3n) is 2.82. The van der Waals surface area contributed by atoms with E-state index in [0.717, 1.165) is 23.4 Å². The summed E-state index contributed by atoms with van der Waals surface area (Å²) in [5, 5.41) is 0. The molecule has 94 valence electrons. The molecule has 0 aliphatic carbocycles. The van der Waals surface area contributed by atoms with Gasteiger partial charge in [0.1, 0.15) is 12.4 Å². The molecule has 0 saturated heterocycles. The predicted molar refractivity (Wildman–Crippen MR) is 75.6 cm³/mol. The number of ether oxygens (including phenoxy) is 1. The lowest BCUT2D eigenvalue weighted by atomic mass is 10.1. The van der Waals surface area contributed by atoms with Crippen molar-refractivity contribution in [3.8, 4) is 5.75 Å². The van der Waals surface area contributed by atoms with Gasteiger partial charge in [0.25, 0.3) is 0 Å². The second-order valence-electron chi connectivity index (χ2n) is 4.43. The van der Waals surface area contributed by atoms with Crippen molar-refractivity contribution in [1.29, 1.82) is 0 Å². The van der Waals surface area contributed by atoms with Gasteiger partial charge < -0.3 is 10.5 Å². The van der Waals surface area contributed by atoms with Crippen molar-refractivity contribution in [2.45, 2.75) is 26.4 Å². The minimum Gasteiger partial charge on any atom is -0.489 e. The van der Waals surface area contributed by atoms with Crippen LogP contribution in [0.25, 0.3) is 0 Å². The average Bonchev–Trinajstić information content (AvgIpc) is 2.38. The van der Waals surface area contributed by atoms with Crippen LogP contribution in [0, 0.1) is 0 Å². The maximum atomic E-state index is 5.73. The smallest absolute Gasteiger partial charge is 0.119 e. The van der Waals surface area contributed by atoms with Crippen molar-refractivity contribution in [2.24, 2.45) is 0 Å². The summed E-state index contributed by atoms with van der Waals surface area (Å²) in [6.45, 7) is 2.74. The third-order valence-corrected chi connectivity index (χ3v) is 2.82. The van der Waals surface area contributed by atoms with E-state index in [1.54, 1.807) is 0 Å². The first kappa shape index (κ1) is 12.5. The molecule has 0 atom stereocenters. The fourth-order valence-corrected chi connectivity index (χ4v) is 1.89. The zero-order valence-corrected chi connectivity index (χ0v) is 10.7. The lowest BCUT2D eigenvalue weighted by molar-refractivity contribution is 0.306. The number of nitrogens with two attached hydrogens (primary N) is 1. The number of anilines is 1. The number of rotatable bonds is 5. The maximum Gasteiger partial charge on any atom is 0.119 e. The van der Waals surface area contributed by atoms with Gasteiger partial charge in [0.15, 0.2) is 0 Å². The second kappa shape index (κ2) is 6.10. The molecule has 18 heavy (non-hydrogen) atoms. The number of hydrogen-bond acceptors (Lipinski definition) is 2. The number of aryl methyl sites for hydroxylation is 1. The highest BCUT2D eigenvalue weighted by molar-refractivity contribution is 5.40. The quantitative estimate of drug-likeness (QED) is 0.808. The van der Waals surface area contributed by atoms with Gasteiger partial charge in [-0.2, -0.15) is 0 Å². The molecular formula is C16H19NO. The zero-order chi connectivity index (χ0) is 12.8. The highest BCUT2D eigenvalue weighted by Crippen LogP contribution is 2.16. The molecule has 0 amide bonds. The van der Waals surface area contributed by atoms with Crippen LogP contribution in [0.15, 0.2) is 48.5 Å². The van der Waals surface area contributed by atoms with Crippen LogP contribution in [-0.4, -0.2) is 0 Å². The van der Waals surface area contributed by atoms with Crippen LogP contribution in [0.2, 0.25) is 0 Å². The van der Waals surface area contributed by atoms with Crippen LogP contribution in [0.1, 0.15) is 24.5 Å². The molecule has 0 aliphatic heterocycles. The van der Waals surface area contributed by atoms with E-state index in [1.807, 2.05) is 36.4 Å². The Balaban J connectivity index is 1.93. The van der Waals surface area contributed by atoms with Gasteiger partial charge in [-0.25, -0.2) is 0 Å². The van der Waals surface area contributed by atoms with Gasteiger partial charge in [0, 0.05) is 5.69 Å². The summed E-state index contributed by atoms with van der Waals surface area (Å²) in [6.07, 6.45) is 2.29. The van der Waals surface area contributed by atoms with E-state index in [1.165, 1.54) is 12.0 Å². The predicted octanol–water partition coefficient (Wildman–Crippen LogP) is 3.80. The molecule has 2 aromatic rings. The summed E-state index contributed by atoms with van der Waals surface area (Å²) in [6, 6.07) is 16.1. The van der Waals surface area contributed by atoms with Gasteiger partial charge in [0.2, 0.25) is 0 Å². The Morgan fingerprint density at radius 1 is 1.00 bits per heavy atom. The van der Waals surface area contributed by atoms with Crippen molar-refractivity contribution >= 4 is 5.69 Å². The molecule has 2 nitrogen and oxygen atoms in total. The highest BCUT2D eigenvalue weighted by atomic mass is 16.5. The van der Waals surface area contributed by atoms with Gasteiger partial charge in [-0.1, -0.05) is 37.6 Å². The van der Waals surface area contributed by atoms with E-state index in [-0.39, 0.29) is 0 Å². The van der Waals surface area contributed by atoms with Gasteiger partial charge in [-0.15, -0.1) is 0 Å². The van der Waals surface area contributed by atoms with E-state index >= 15 is 0 Å². The molecule has 2 rings (SSSR count). The Labute approximate surface area is 108 Å². The monoisotopic (exact) mass is 241 g/mol. The number of nitrogen functional groups attached to an aromatic ring is 1. The van der Waals surface area contributed by atoms with E-state index in [9.17, 15) is 0 Å². The van der Waals surface area contributed by atoms with E-state index < -0.39 is 0 Å². The Morgan fingerprint density at radius 2 is 1.78 bits per heavy atom. The van der Waals surface area contributed by atoms with E-state index in [2.05, 4.69) is 19.1 Å². The summed E-state index contributed by atoms with van der Waals surface area (Å²) in [5.74, 6) is 0.900. The van der Waals surface area contributed by atoms with Crippen LogP contribution in [0.3, 0.4) is 0 Å². The molecule has 0 radical (unpaired) electrons. The van der Waals surface area contributed by atoms with Crippen molar-refractivity contribution in [3.63, 3.8) is 0 Å². The Hall–Kier alpha value is -1.96. The minimum atomic E-state index is 0.554. The molecule has 0 spiro atoms. The lowest BCUT2D eigenvalue weighted by Crippen LogP contribution is -1.96. The minimum absolute atomic E-state index is 0.554. The van der Waals surface area contributed by atoms with Crippen LogP contribution in [-0.2, 0) is 13.0 Å². The molecule has 0 unspecified atom stereocenters. The molecule has 0 aliphatic rings. The first-order valence-corrected chi connectivity index (χ1v) is 6.34. The first-order chi connectivity index (χ1) is 8.78. The fourth-order valence-electron chi connectivity index (χ4n) is 1.89. The summed E-state index contributed by atoms with van der Waals surface area (Å²) in [4.78, 5) is 0. The lowest BCUT2D eigenvalue weighted by Gasteiger charge is -2.07. The molecule has 0 bridgehead atoms. The Bertz CT molecular complexity index is 491. The Kier molecular flexibility index (Phi) is 4.24. The molecule has 0 fully saturated rings. The zero-order valence-electron chi connectivity index (χ0n) is 10.7. The second-order valence-corrected chi connectivity index (χ2v) is 4.43. The van der Waals surface area contributed by atoms with Crippen molar-refractivity contribution in [2.75, 3.05) is 5.73 Å². The van der Waals surface area contributed by atoms with Gasteiger partial charge in [0.05, 0.1) is 0 Å². The maximum absolute atomic E-state index is 5.73. The fraction of sp³-hybridized carbons (Fsp3) is 0.250. The van der Waals surface area contributed by atoms with Crippen LogP contribution >= 0.6 is 0 Å². The topological polar surface area (TPSA) is 35.2 Å². The molecule has 0 saturated carbocycles. The summed E-state index contributed by atoms with van der Waals surface area (Å²) in [7, 11) is 0. The van der Waals surface area contributed by atoms with Crippen molar-refractivity contribution in [1.82, 2.24) is 0 Å². The number of benzene rings is 2. The van der Waals surface area contributed by atoms with Crippen LogP contribution in [0.4, 0.5) is 5.69 Å². The first-order valence-electron chi connectivity index (χ1n) is 6.34. The van der Waals surface area contributed by atoms with Crippen molar-refractivity contribution in [3.05, 3.63) is 59.7 Å². The van der Waals surface area contributed by atoms with Gasteiger partial charge in [-0.05, 0) is 41.8 Å². The van der Waals surface area contributed by atoms with Crippen LogP contribution in [0.5, 0.6) is 5.75 Å². The molecule has 0 heterocycles. The normalized spacial score (nSPS) is 10.3. The third kappa shape index (κ3) is 3.52. The molecule has 2 N–H and O–H groups in total. The molecule has 2 aromatic carbocycles. The van der Waals surface area contributed by atoms with Gasteiger partial charge >= 0.3 is 0 Å². The van der Waals surface area contributed by atoms with E-state index in [0.29, 0.717) is 6.61 Å². The average molecular weight is 241 g/mol.